The zero-order valence-electron chi connectivity index (χ0n) is 14.1. The third-order valence-corrected chi connectivity index (χ3v) is 4.31. The van der Waals surface area contributed by atoms with Gasteiger partial charge in [-0.25, -0.2) is 4.98 Å². The Morgan fingerprint density at radius 1 is 1.25 bits per heavy atom. The minimum atomic E-state index is -0.674. The summed E-state index contributed by atoms with van der Waals surface area (Å²) in [5.41, 5.74) is 1.23. The van der Waals surface area contributed by atoms with Gasteiger partial charge in [-0.3, -0.25) is 9.59 Å². The van der Waals surface area contributed by atoms with E-state index in [-0.39, 0.29) is 17.7 Å². The molecule has 1 heterocycles. The van der Waals surface area contributed by atoms with Gasteiger partial charge in [-0.2, -0.15) is 0 Å². The van der Waals surface area contributed by atoms with Crippen molar-refractivity contribution in [3.8, 4) is 5.75 Å². The average molecular weight is 347 g/mol. The van der Waals surface area contributed by atoms with Crippen molar-refractivity contribution in [2.75, 3.05) is 12.4 Å². The average Bonchev–Trinajstić information content (AvgIpc) is 2.96. The van der Waals surface area contributed by atoms with Crippen LogP contribution in [0, 0.1) is 12.8 Å². The van der Waals surface area contributed by atoms with E-state index in [1.165, 1.54) is 18.4 Å². The van der Waals surface area contributed by atoms with E-state index in [1.54, 1.807) is 24.3 Å². The summed E-state index contributed by atoms with van der Waals surface area (Å²) in [5, 5.41) is 7.91. The second-order valence-corrected chi connectivity index (χ2v) is 6.54. The van der Waals surface area contributed by atoms with Crippen LogP contribution in [0.4, 0.5) is 5.13 Å². The van der Waals surface area contributed by atoms with Crippen LogP contribution in [-0.4, -0.2) is 29.9 Å². The lowest BCUT2D eigenvalue weighted by molar-refractivity contribution is -0.118. The summed E-state index contributed by atoms with van der Waals surface area (Å²) in [7, 11) is 1.50. The number of nitrogens with one attached hydrogen (secondary N) is 2. The first-order chi connectivity index (χ1) is 11.4. The van der Waals surface area contributed by atoms with Gasteiger partial charge < -0.3 is 15.4 Å². The molecule has 0 spiro atoms. The normalized spacial score (nSPS) is 11.9. The van der Waals surface area contributed by atoms with Crippen molar-refractivity contribution in [2.24, 2.45) is 5.92 Å². The van der Waals surface area contributed by atoms with Gasteiger partial charge in [-0.15, -0.1) is 11.3 Å². The Morgan fingerprint density at radius 3 is 2.54 bits per heavy atom. The molecule has 0 saturated heterocycles. The molecule has 0 aliphatic carbocycles. The van der Waals surface area contributed by atoms with E-state index < -0.39 is 6.04 Å². The quantitative estimate of drug-likeness (QED) is 0.842. The first-order valence-corrected chi connectivity index (χ1v) is 8.47. The second kappa shape index (κ2) is 7.92. The fourth-order valence-corrected chi connectivity index (χ4v) is 2.87. The largest absolute Gasteiger partial charge is 0.496 e. The number of hydrogen-bond acceptors (Lipinski definition) is 5. The van der Waals surface area contributed by atoms with Gasteiger partial charge in [0.15, 0.2) is 5.13 Å². The van der Waals surface area contributed by atoms with E-state index >= 15 is 0 Å². The molecule has 0 bridgehead atoms. The molecule has 1 atom stereocenters. The summed E-state index contributed by atoms with van der Waals surface area (Å²) >= 11 is 1.35. The summed E-state index contributed by atoms with van der Waals surface area (Å²) < 4.78 is 5.20. The lowest BCUT2D eigenvalue weighted by Gasteiger charge is -2.21. The predicted molar refractivity (Wildman–Crippen MR) is 94.6 cm³/mol. The molecular formula is C17H21N3O3S. The van der Waals surface area contributed by atoms with Crippen molar-refractivity contribution in [1.82, 2.24) is 10.3 Å². The Balaban J connectivity index is 2.13. The maximum absolute atomic E-state index is 12.5. The Morgan fingerprint density at radius 2 is 1.96 bits per heavy atom. The van der Waals surface area contributed by atoms with E-state index in [1.807, 2.05) is 26.2 Å². The van der Waals surface area contributed by atoms with Crippen LogP contribution in [0.1, 0.15) is 29.9 Å². The van der Waals surface area contributed by atoms with Gasteiger partial charge in [0.05, 0.1) is 18.4 Å². The molecule has 7 heteroatoms. The van der Waals surface area contributed by atoms with Crippen LogP contribution in [0.2, 0.25) is 0 Å². The molecular weight excluding hydrogens is 326 g/mol. The minimum absolute atomic E-state index is 0.0790. The zero-order chi connectivity index (χ0) is 17.7. The summed E-state index contributed by atoms with van der Waals surface area (Å²) in [6.07, 6.45) is 0. The van der Waals surface area contributed by atoms with Crippen LogP contribution in [0.5, 0.6) is 5.75 Å². The van der Waals surface area contributed by atoms with Gasteiger partial charge in [-0.1, -0.05) is 26.0 Å². The topological polar surface area (TPSA) is 80.3 Å². The molecule has 1 aromatic carbocycles. The summed E-state index contributed by atoms with van der Waals surface area (Å²) in [6, 6.07) is 6.23. The molecule has 128 valence electrons. The van der Waals surface area contributed by atoms with E-state index in [0.717, 1.165) is 5.69 Å². The number of rotatable bonds is 6. The maximum atomic E-state index is 12.5. The summed E-state index contributed by atoms with van der Waals surface area (Å²) in [5.74, 6) is -0.252. The van der Waals surface area contributed by atoms with Crippen molar-refractivity contribution in [3.63, 3.8) is 0 Å². The van der Waals surface area contributed by atoms with Gasteiger partial charge in [0.1, 0.15) is 11.8 Å². The number of thiazole rings is 1. The van der Waals surface area contributed by atoms with Crippen molar-refractivity contribution in [3.05, 3.63) is 40.9 Å². The third kappa shape index (κ3) is 4.32. The number of aromatic nitrogens is 1. The SMILES string of the molecule is COc1ccccc1C(=O)NC(C(=O)Nc1nc(C)cs1)C(C)C. The highest BCUT2D eigenvalue weighted by molar-refractivity contribution is 7.13. The first kappa shape index (κ1) is 17.9. The fraction of sp³-hybridized carbons (Fsp3) is 0.353. The summed E-state index contributed by atoms with van der Waals surface area (Å²) in [6.45, 7) is 5.61. The van der Waals surface area contributed by atoms with Gasteiger partial charge >= 0.3 is 0 Å². The summed E-state index contributed by atoms with van der Waals surface area (Å²) in [4.78, 5) is 29.2. The van der Waals surface area contributed by atoms with E-state index in [4.69, 9.17) is 4.74 Å². The highest BCUT2D eigenvalue weighted by Crippen LogP contribution is 2.19. The molecule has 2 amide bonds. The molecule has 0 aliphatic rings. The van der Waals surface area contributed by atoms with Gasteiger partial charge in [0.2, 0.25) is 5.91 Å². The molecule has 0 saturated carbocycles. The molecule has 24 heavy (non-hydrogen) atoms. The first-order valence-electron chi connectivity index (χ1n) is 7.59. The van der Waals surface area contributed by atoms with Crippen molar-refractivity contribution < 1.29 is 14.3 Å². The van der Waals surface area contributed by atoms with Crippen LogP contribution < -0.4 is 15.4 Å². The fourth-order valence-electron chi connectivity index (χ4n) is 2.18. The standard InChI is InChI=1S/C17H21N3O3S/c1-10(2)14(16(22)20-17-18-11(3)9-24-17)19-15(21)12-7-5-6-8-13(12)23-4/h5-10,14H,1-4H3,(H,19,21)(H,18,20,22). The van der Waals surface area contributed by atoms with Crippen LogP contribution in [0.3, 0.4) is 0 Å². The van der Waals surface area contributed by atoms with Crippen LogP contribution in [0.25, 0.3) is 0 Å². The highest BCUT2D eigenvalue weighted by Gasteiger charge is 2.26. The third-order valence-electron chi connectivity index (χ3n) is 3.44. The van der Waals surface area contributed by atoms with Crippen LogP contribution >= 0.6 is 11.3 Å². The monoisotopic (exact) mass is 347 g/mol. The number of amides is 2. The van der Waals surface area contributed by atoms with E-state index in [0.29, 0.717) is 16.4 Å². The number of methoxy groups -OCH3 is 1. The molecule has 6 nitrogen and oxygen atoms in total. The molecule has 2 N–H and O–H groups in total. The van der Waals surface area contributed by atoms with Crippen LogP contribution in [0.15, 0.2) is 29.6 Å². The number of carbonyl (C=O) groups excluding carboxylic acids is 2. The van der Waals surface area contributed by atoms with E-state index in [2.05, 4.69) is 15.6 Å². The van der Waals surface area contributed by atoms with Crippen molar-refractivity contribution in [2.45, 2.75) is 26.8 Å². The molecule has 0 radical (unpaired) electrons. The van der Waals surface area contributed by atoms with Crippen molar-refractivity contribution >= 4 is 28.3 Å². The molecule has 0 aliphatic heterocycles. The van der Waals surface area contributed by atoms with Gasteiger partial charge in [-0.05, 0) is 25.0 Å². The molecule has 2 rings (SSSR count). The molecule has 0 fully saturated rings. The highest BCUT2D eigenvalue weighted by atomic mass is 32.1. The van der Waals surface area contributed by atoms with Crippen molar-refractivity contribution in [1.29, 1.82) is 0 Å². The molecule has 1 unspecified atom stereocenters. The molecule has 2 aromatic rings. The Bertz CT molecular complexity index is 727. The van der Waals surface area contributed by atoms with E-state index in [9.17, 15) is 9.59 Å². The lowest BCUT2D eigenvalue weighted by atomic mass is 10.0. The zero-order valence-corrected chi connectivity index (χ0v) is 14.9. The minimum Gasteiger partial charge on any atom is -0.496 e. The number of benzene rings is 1. The smallest absolute Gasteiger partial charge is 0.255 e. The Hall–Kier alpha value is -2.41. The number of anilines is 1. The number of para-hydroxylation sites is 1. The van der Waals surface area contributed by atoms with Gasteiger partial charge in [0.25, 0.3) is 5.91 Å². The second-order valence-electron chi connectivity index (χ2n) is 5.68. The number of ether oxygens (including phenoxy) is 1. The van der Waals surface area contributed by atoms with Gasteiger partial charge in [0, 0.05) is 5.38 Å². The maximum Gasteiger partial charge on any atom is 0.255 e. The lowest BCUT2D eigenvalue weighted by Crippen LogP contribution is -2.47. The number of nitrogens with zero attached hydrogens (tertiary/aromatic N) is 1. The number of hydrogen-bond donors (Lipinski definition) is 2. The molecule has 1 aromatic heterocycles. The number of aryl methyl sites for hydroxylation is 1. The Labute approximate surface area is 145 Å². The predicted octanol–water partition coefficient (Wildman–Crippen LogP) is 2.85. The van der Waals surface area contributed by atoms with Crippen LogP contribution in [-0.2, 0) is 4.79 Å². The Kier molecular flexibility index (Phi) is 5.92. The number of carbonyl (C=O) groups is 2.